The van der Waals surface area contributed by atoms with Crippen molar-refractivity contribution in [3.63, 3.8) is 0 Å². The Hall–Kier alpha value is -0.275. The number of rotatable bonds is 2. The first-order valence-electron chi connectivity index (χ1n) is 5.35. The second-order valence-corrected chi connectivity index (χ2v) is 5.42. The van der Waals surface area contributed by atoms with Crippen molar-refractivity contribution in [1.29, 1.82) is 0 Å². The minimum Gasteiger partial charge on any atom is -0.403 e. The Balaban J connectivity index is 2.04. The van der Waals surface area contributed by atoms with Gasteiger partial charge in [0.05, 0.1) is 11.2 Å². The lowest BCUT2D eigenvalue weighted by Crippen LogP contribution is -2.41. The molecular weight excluding hydrogens is 175 g/mol. The van der Waals surface area contributed by atoms with Gasteiger partial charge in [-0.05, 0) is 40.0 Å². The minimum absolute atomic E-state index is 0.0250. The van der Waals surface area contributed by atoms with Gasteiger partial charge in [0.2, 0.25) is 0 Å². The van der Waals surface area contributed by atoms with Crippen LogP contribution in [0.1, 0.15) is 34.1 Å². The first kappa shape index (κ1) is 10.2. The lowest BCUT2D eigenvalue weighted by atomic mass is 9.80. The Morgan fingerprint density at radius 3 is 2.07 bits per heavy atom. The highest BCUT2D eigenvalue weighted by Crippen LogP contribution is 2.53. The average Bonchev–Trinajstić information content (AvgIpc) is 2.75. The smallest absolute Gasteiger partial charge is 0.403 e. The zero-order valence-electron chi connectivity index (χ0n) is 9.54. The fourth-order valence-corrected chi connectivity index (χ4v) is 1.88. The second kappa shape index (κ2) is 2.86. The van der Waals surface area contributed by atoms with Gasteiger partial charge in [0.1, 0.15) is 0 Å². The van der Waals surface area contributed by atoms with Crippen molar-refractivity contribution in [3.05, 3.63) is 12.7 Å². The van der Waals surface area contributed by atoms with Crippen molar-refractivity contribution in [1.82, 2.24) is 0 Å². The van der Waals surface area contributed by atoms with Crippen LogP contribution in [0.4, 0.5) is 0 Å². The molecule has 0 N–H and O–H groups in total. The fraction of sp³-hybridized carbons (Fsp3) is 0.818. The first-order chi connectivity index (χ1) is 6.37. The van der Waals surface area contributed by atoms with Crippen molar-refractivity contribution in [3.8, 4) is 0 Å². The van der Waals surface area contributed by atoms with Gasteiger partial charge in [0, 0.05) is 5.82 Å². The molecule has 0 aromatic carbocycles. The molecule has 1 heterocycles. The van der Waals surface area contributed by atoms with Crippen molar-refractivity contribution >= 4 is 7.12 Å². The second-order valence-electron chi connectivity index (χ2n) is 5.42. The van der Waals surface area contributed by atoms with Crippen molar-refractivity contribution in [2.75, 3.05) is 0 Å². The molecule has 2 atom stereocenters. The van der Waals surface area contributed by atoms with Gasteiger partial charge >= 0.3 is 7.12 Å². The molecule has 2 unspecified atom stereocenters. The van der Waals surface area contributed by atoms with Crippen molar-refractivity contribution in [2.45, 2.75) is 51.1 Å². The van der Waals surface area contributed by atoms with Gasteiger partial charge in [-0.2, -0.15) is 0 Å². The third-order valence-electron chi connectivity index (χ3n) is 3.81. The molecule has 1 saturated carbocycles. The molecule has 14 heavy (non-hydrogen) atoms. The van der Waals surface area contributed by atoms with E-state index in [9.17, 15) is 0 Å². The highest BCUT2D eigenvalue weighted by Gasteiger charge is 2.58. The predicted molar refractivity (Wildman–Crippen MR) is 58.1 cm³/mol. The van der Waals surface area contributed by atoms with Crippen molar-refractivity contribution < 1.29 is 9.31 Å². The fourth-order valence-electron chi connectivity index (χ4n) is 1.88. The molecule has 78 valence electrons. The molecule has 0 spiro atoms. The summed E-state index contributed by atoms with van der Waals surface area (Å²) in [4.78, 5) is 0. The van der Waals surface area contributed by atoms with Crippen LogP contribution in [0.2, 0.25) is 5.82 Å². The quantitative estimate of drug-likeness (QED) is 0.497. The maximum Gasteiger partial charge on any atom is 0.461 e. The van der Waals surface area contributed by atoms with Gasteiger partial charge in [0.15, 0.2) is 0 Å². The maximum absolute atomic E-state index is 5.95. The third kappa shape index (κ3) is 1.43. The van der Waals surface area contributed by atoms with Crippen LogP contribution in [0.5, 0.6) is 0 Å². The molecule has 2 fully saturated rings. The number of allylic oxidation sites excluding steroid dienone is 1. The zero-order valence-corrected chi connectivity index (χ0v) is 9.54. The highest BCUT2D eigenvalue weighted by molar-refractivity contribution is 6.48. The molecule has 1 aliphatic heterocycles. The number of hydrogen-bond donors (Lipinski definition) is 0. The highest BCUT2D eigenvalue weighted by atomic mass is 16.7. The van der Waals surface area contributed by atoms with E-state index in [1.807, 2.05) is 6.08 Å². The van der Waals surface area contributed by atoms with Crippen LogP contribution in [0.15, 0.2) is 12.7 Å². The normalized spacial score (nSPS) is 38.4. The standard InChI is InChI=1S/C11H19BO2/c1-6-8-7-9(8)12-13-10(2,3)11(4,5)14-12/h6,8-9H,1,7H2,2-5H3. The van der Waals surface area contributed by atoms with E-state index in [-0.39, 0.29) is 18.3 Å². The van der Waals surface area contributed by atoms with Crippen LogP contribution in [0, 0.1) is 5.92 Å². The Kier molecular flexibility index (Phi) is 2.10. The van der Waals surface area contributed by atoms with E-state index in [0.717, 1.165) is 0 Å². The summed E-state index contributed by atoms with van der Waals surface area (Å²) < 4.78 is 11.9. The average molecular weight is 194 g/mol. The Morgan fingerprint density at radius 2 is 1.71 bits per heavy atom. The SMILES string of the molecule is C=CC1CC1B1OC(C)(C)C(C)(C)O1. The Morgan fingerprint density at radius 1 is 1.21 bits per heavy atom. The van der Waals surface area contributed by atoms with Gasteiger partial charge in [-0.3, -0.25) is 0 Å². The van der Waals surface area contributed by atoms with E-state index in [1.54, 1.807) is 0 Å². The monoisotopic (exact) mass is 194 g/mol. The van der Waals surface area contributed by atoms with E-state index in [0.29, 0.717) is 11.7 Å². The molecule has 2 aliphatic rings. The summed E-state index contributed by atoms with van der Waals surface area (Å²) in [5, 5.41) is 0. The molecule has 3 heteroatoms. The molecule has 0 bridgehead atoms. The molecule has 2 rings (SSSR count). The maximum atomic E-state index is 5.95. The minimum atomic E-state index is -0.189. The van der Waals surface area contributed by atoms with Gasteiger partial charge in [0.25, 0.3) is 0 Å². The van der Waals surface area contributed by atoms with E-state index in [2.05, 4.69) is 34.3 Å². The van der Waals surface area contributed by atoms with Crippen LogP contribution in [-0.4, -0.2) is 18.3 Å². The topological polar surface area (TPSA) is 18.5 Å². The summed E-state index contributed by atoms with van der Waals surface area (Å²) >= 11 is 0. The molecule has 1 aliphatic carbocycles. The largest absolute Gasteiger partial charge is 0.461 e. The predicted octanol–water partition coefficient (Wildman–Crippen LogP) is 2.65. The third-order valence-corrected chi connectivity index (χ3v) is 3.81. The summed E-state index contributed by atoms with van der Waals surface area (Å²) in [6.07, 6.45) is 3.18. The lowest BCUT2D eigenvalue weighted by molar-refractivity contribution is 0.00578. The molecule has 0 amide bonds. The molecule has 0 aromatic rings. The molecular formula is C11H19BO2. The summed E-state index contributed by atoms with van der Waals surface area (Å²) in [5.41, 5.74) is -0.377. The Bertz CT molecular complexity index is 244. The molecule has 0 aromatic heterocycles. The van der Waals surface area contributed by atoms with Gasteiger partial charge in [-0.25, -0.2) is 0 Å². The van der Waals surface area contributed by atoms with Gasteiger partial charge in [-0.15, -0.1) is 6.58 Å². The van der Waals surface area contributed by atoms with Crippen molar-refractivity contribution in [2.24, 2.45) is 5.92 Å². The van der Waals surface area contributed by atoms with Crippen LogP contribution < -0.4 is 0 Å². The Labute approximate surface area is 86.8 Å². The van der Waals surface area contributed by atoms with Crippen LogP contribution in [0.25, 0.3) is 0 Å². The lowest BCUT2D eigenvalue weighted by Gasteiger charge is -2.32. The summed E-state index contributed by atoms with van der Waals surface area (Å²) in [6.45, 7) is 12.2. The van der Waals surface area contributed by atoms with E-state index in [4.69, 9.17) is 9.31 Å². The van der Waals surface area contributed by atoms with Crippen LogP contribution in [0.3, 0.4) is 0 Å². The molecule has 0 radical (unpaired) electrons. The van der Waals surface area contributed by atoms with Gasteiger partial charge in [-0.1, -0.05) is 6.08 Å². The van der Waals surface area contributed by atoms with E-state index in [1.165, 1.54) is 6.42 Å². The van der Waals surface area contributed by atoms with Crippen LogP contribution >= 0.6 is 0 Å². The summed E-state index contributed by atoms with van der Waals surface area (Å²) in [7, 11) is -0.0250. The molecule has 2 nitrogen and oxygen atoms in total. The zero-order chi connectivity index (χ0) is 10.6. The van der Waals surface area contributed by atoms with E-state index >= 15 is 0 Å². The van der Waals surface area contributed by atoms with Crippen LogP contribution in [-0.2, 0) is 9.31 Å². The summed E-state index contributed by atoms with van der Waals surface area (Å²) in [6, 6.07) is 0. The first-order valence-corrected chi connectivity index (χ1v) is 5.35. The number of hydrogen-bond acceptors (Lipinski definition) is 2. The molecule has 1 saturated heterocycles. The van der Waals surface area contributed by atoms with Gasteiger partial charge < -0.3 is 9.31 Å². The summed E-state index contributed by atoms with van der Waals surface area (Å²) in [5.74, 6) is 1.14. The van der Waals surface area contributed by atoms with E-state index < -0.39 is 0 Å².